The maximum absolute atomic E-state index is 5.86. The van der Waals surface area contributed by atoms with Crippen LogP contribution in [0, 0.1) is 0 Å². The summed E-state index contributed by atoms with van der Waals surface area (Å²) in [5, 5.41) is 4.29. The minimum Gasteiger partial charge on any atom is -0.497 e. The molecule has 0 bridgehead atoms. The van der Waals surface area contributed by atoms with Crippen molar-refractivity contribution < 1.29 is 4.74 Å². The van der Waals surface area contributed by atoms with Crippen LogP contribution in [0.5, 0.6) is 5.75 Å². The number of hydrogen-bond acceptors (Lipinski definition) is 4. The van der Waals surface area contributed by atoms with Gasteiger partial charge in [0.1, 0.15) is 5.75 Å². The number of nitrogens with zero attached hydrogens (tertiary/aromatic N) is 2. The number of benzene rings is 1. The monoisotopic (exact) mass is 237 g/mol. The molecule has 2 rings (SSSR count). The Morgan fingerprint density at radius 1 is 1.38 bits per heavy atom. The lowest BCUT2D eigenvalue weighted by Crippen LogP contribution is -2.08. The van der Waals surface area contributed by atoms with Crippen molar-refractivity contribution in [3.63, 3.8) is 0 Å². The number of halogens is 1. The van der Waals surface area contributed by atoms with Crippen LogP contribution in [0.25, 0.3) is 10.9 Å². The fourth-order valence-electron chi connectivity index (χ4n) is 1.57. The Labute approximate surface area is 98.6 Å². The van der Waals surface area contributed by atoms with Crippen molar-refractivity contribution in [3.8, 4) is 5.75 Å². The number of hydrogen-bond donors (Lipinski definition) is 1. The van der Waals surface area contributed by atoms with Crippen LogP contribution < -0.4 is 10.1 Å². The molecule has 1 heterocycles. The second kappa shape index (κ2) is 4.63. The van der Waals surface area contributed by atoms with Crippen LogP contribution in [0.2, 0.25) is 5.28 Å². The highest BCUT2D eigenvalue weighted by molar-refractivity contribution is 6.28. The molecule has 1 N–H and O–H groups in total. The van der Waals surface area contributed by atoms with E-state index in [1.807, 2.05) is 25.2 Å². The van der Waals surface area contributed by atoms with Gasteiger partial charge >= 0.3 is 0 Å². The SMILES string of the molecule is CNCc1nc(Cl)nc2cc(OC)ccc12. The Morgan fingerprint density at radius 2 is 2.19 bits per heavy atom. The minimum atomic E-state index is 0.256. The third-order valence-electron chi connectivity index (χ3n) is 2.30. The molecule has 0 saturated carbocycles. The van der Waals surface area contributed by atoms with E-state index >= 15 is 0 Å². The smallest absolute Gasteiger partial charge is 0.223 e. The number of ether oxygens (including phenoxy) is 1. The van der Waals surface area contributed by atoms with Crippen LogP contribution >= 0.6 is 11.6 Å². The second-order valence-corrected chi connectivity index (χ2v) is 3.69. The summed E-state index contributed by atoms with van der Waals surface area (Å²) in [5.74, 6) is 0.762. The molecule has 4 nitrogen and oxygen atoms in total. The van der Waals surface area contributed by atoms with E-state index in [2.05, 4.69) is 15.3 Å². The van der Waals surface area contributed by atoms with E-state index in [0.29, 0.717) is 6.54 Å². The molecule has 2 aromatic rings. The standard InChI is InChI=1S/C11H12ClN3O/c1-13-6-10-8-4-3-7(16-2)5-9(8)14-11(12)15-10/h3-5,13H,6H2,1-2H3. The summed E-state index contributed by atoms with van der Waals surface area (Å²) in [6, 6.07) is 5.68. The van der Waals surface area contributed by atoms with Crippen LogP contribution in [0.1, 0.15) is 5.69 Å². The van der Waals surface area contributed by atoms with Gasteiger partial charge in [0.05, 0.1) is 18.3 Å². The summed E-state index contributed by atoms with van der Waals surface area (Å²) in [7, 11) is 3.49. The number of nitrogens with one attached hydrogen (secondary N) is 1. The van der Waals surface area contributed by atoms with Crippen LogP contribution in [-0.4, -0.2) is 24.1 Å². The number of aromatic nitrogens is 2. The van der Waals surface area contributed by atoms with E-state index in [-0.39, 0.29) is 5.28 Å². The number of methoxy groups -OCH3 is 1. The van der Waals surface area contributed by atoms with E-state index in [1.165, 1.54) is 0 Å². The molecule has 0 spiro atoms. The van der Waals surface area contributed by atoms with Gasteiger partial charge in [-0.05, 0) is 30.8 Å². The summed E-state index contributed by atoms with van der Waals surface area (Å²) < 4.78 is 5.14. The molecule has 0 aliphatic rings. The molecular formula is C11H12ClN3O. The van der Waals surface area contributed by atoms with Gasteiger partial charge in [0.2, 0.25) is 5.28 Å². The lowest BCUT2D eigenvalue weighted by atomic mass is 10.2. The molecule has 5 heteroatoms. The molecule has 0 radical (unpaired) electrons. The summed E-state index contributed by atoms with van der Waals surface area (Å²) in [4.78, 5) is 8.37. The van der Waals surface area contributed by atoms with Gasteiger partial charge in [0, 0.05) is 18.0 Å². The Kier molecular flexibility index (Phi) is 3.22. The summed E-state index contributed by atoms with van der Waals surface area (Å²) in [6.45, 7) is 0.658. The highest BCUT2D eigenvalue weighted by Crippen LogP contribution is 2.22. The molecule has 16 heavy (non-hydrogen) atoms. The fraction of sp³-hybridized carbons (Fsp3) is 0.273. The lowest BCUT2D eigenvalue weighted by molar-refractivity contribution is 0.415. The maximum atomic E-state index is 5.86. The van der Waals surface area contributed by atoms with Crippen molar-refractivity contribution >= 4 is 22.5 Å². The van der Waals surface area contributed by atoms with Crippen molar-refractivity contribution in [2.75, 3.05) is 14.2 Å². The van der Waals surface area contributed by atoms with Gasteiger partial charge in [-0.25, -0.2) is 9.97 Å². The van der Waals surface area contributed by atoms with Gasteiger partial charge in [-0.3, -0.25) is 0 Å². The lowest BCUT2D eigenvalue weighted by Gasteiger charge is -2.06. The molecular weight excluding hydrogens is 226 g/mol. The zero-order valence-electron chi connectivity index (χ0n) is 9.12. The minimum absolute atomic E-state index is 0.256. The van der Waals surface area contributed by atoms with E-state index in [9.17, 15) is 0 Å². The summed E-state index contributed by atoms with van der Waals surface area (Å²) >= 11 is 5.86. The molecule has 0 atom stereocenters. The van der Waals surface area contributed by atoms with Crippen LogP contribution in [-0.2, 0) is 6.54 Å². The van der Waals surface area contributed by atoms with E-state index < -0.39 is 0 Å². The predicted octanol–water partition coefficient (Wildman–Crippen LogP) is 2.01. The van der Waals surface area contributed by atoms with Crippen LogP contribution in [0.4, 0.5) is 0 Å². The zero-order valence-corrected chi connectivity index (χ0v) is 9.88. The average Bonchev–Trinajstić information content (AvgIpc) is 2.28. The van der Waals surface area contributed by atoms with Gasteiger partial charge in [0.25, 0.3) is 0 Å². The first kappa shape index (κ1) is 11.1. The summed E-state index contributed by atoms with van der Waals surface area (Å²) in [6.07, 6.45) is 0. The molecule has 0 amide bonds. The molecule has 1 aromatic heterocycles. The maximum Gasteiger partial charge on any atom is 0.223 e. The first-order valence-electron chi connectivity index (χ1n) is 4.89. The van der Waals surface area contributed by atoms with Crippen LogP contribution in [0.15, 0.2) is 18.2 Å². The fourth-order valence-corrected chi connectivity index (χ4v) is 1.77. The summed E-state index contributed by atoms with van der Waals surface area (Å²) in [5.41, 5.74) is 1.68. The molecule has 0 unspecified atom stereocenters. The molecule has 0 aliphatic heterocycles. The second-order valence-electron chi connectivity index (χ2n) is 3.35. The van der Waals surface area contributed by atoms with E-state index in [0.717, 1.165) is 22.3 Å². The first-order chi connectivity index (χ1) is 7.74. The van der Waals surface area contributed by atoms with Gasteiger partial charge in [-0.15, -0.1) is 0 Å². The third-order valence-corrected chi connectivity index (χ3v) is 2.47. The Hall–Kier alpha value is -1.39. The van der Waals surface area contributed by atoms with Crippen molar-refractivity contribution in [1.82, 2.24) is 15.3 Å². The zero-order chi connectivity index (χ0) is 11.5. The third kappa shape index (κ3) is 2.08. The van der Waals surface area contributed by atoms with Crippen molar-refractivity contribution in [2.24, 2.45) is 0 Å². The normalized spacial score (nSPS) is 10.7. The van der Waals surface area contributed by atoms with Crippen molar-refractivity contribution in [2.45, 2.75) is 6.54 Å². The predicted molar refractivity (Wildman–Crippen MR) is 63.9 cm³/mol. The molecule has 0 aliphatic carbocycles. The topological polar surface area (TPSA) is 47.0 Å². The van der Waals surface area contributed by atoms with Crippen molar-refractivity contribution in [1.29, 1.82) is 0 Å². The van der Waals surface area contributed by atoms with Gasteiger partial charge in [-0.1, -0.05) is 0 Å². The highest BCUT2D eigenvalue weighted by Gasteiger charge is 2.06. The van der Waals surface area contributed by atoms with E-state index in [4.69, 9.17) is 16.3 Å². The Balaban J connectivity index is 2.63. The van der Waals surface area contributed by atoms with Gasteiger partial charge in [0.15, 0.2) is 0 Å². The van der Waals surface area contributed by atoms with Crippen LogP contribution in [0.3, 0.4) is 0 Å². The van der Waals surface area contributed by atoms with Gasteiger partial charge < -0.3 is 10.1 Å². The van der Waals surface area contributed by atoms with E-state index in [1.54, 1.807) is 7.11 Å². The Bertz CT molecular complexity index is 516. The number of rotatable bonds is 3. The average molecular weight is 238 g/mol. The molecule has 0 saturated heterocycles. The van der Waals surface area contributed by atoms with Gasteiger partial charge in [-0.2, -0.15) is 0 Å². The Morgan fingerprint density at radius 3 is 2.88 bits per heavy atom. The quantitative estimate of drug-likeness (QED) is 0.830. The molecule has 84 valence electrons. The van der Waals surface area contributed by atoms with Crippen molar-refractivity contribution in [3.05, 3.63) is 29.2 Å². The number of fused-ring (bicyclic) bond motifs is 1. The highest BCUT2D eigenvalue weighted by atomic mass is 35.5. The largest absolute Gasteiger partial charge is 0.497 e. The first-order valence-corrected chi connectivity index (χ1v) is 5.27. The molecule has 0 fully saturated rings. The molecule has 1 aromatic carbocycles.